The minimum absolute atomic E-state index is 0.413. The maximum Gasteiger partial charge on any atom is 0.183 e. The first kappa shape index (κ1) is 12.8. The Balaban J connectivity index is 2.08. The van der Waals surface area contributed by atoms with Crippen LogP contribution >= 0.6 is 0 Å². The van der Waals surface area contributed by atoms with Gasteiger partial charge >= 0.3 is 0 Å². The molecule has 0 aromatic carbocycles. The zero-order valence-electron chi connectivity index (χ0n) is 10.9. The summed E-state index contributed by atoms with van der Waals surface area (Å²) in [4.78, 5) is 10.5. The third-order valence-electron chi connectivity index (χ3n) is 3.77. The van der Waals surface area contributed by atoms with Gasteiger partial charge in [0, 0.05) is 31.5 Å². The predicted molar refractivity (Wildman–Crippen MR) is 70.3 cm³/mol. The highest BCUT2D eigenvalue weighted by Crippen LogP contribution is 2.26. The Morgan fingerprint density at radius 1 is 1.28 bits per heavy atom. The van der Waals surface area contributed by atoms with E-state index < -0.39 is 0 Å². The van der Waals surface area contributed by atoms with Crippen molar-refractivity contribution in [1.82, 2.24) is 15.3 Å². The summed E-state index contributed by atoms with van der Waals surface area (Å²) in [5.74, 6) is 0.702. The Morgan fingerprint density at radius 3 is 2.56 bits per heavy atom. The molecule has 1 aromatic rings. The number of nitriles is 1. The van der Waals surface area contributed by atoms with Crippen molar-refractivity contribution in [2.24, 2.45) is 0 Å². The fourth-order valence-electron chi connectivity index (χ4n) is 2.59. The molecule has 1 aliphatic carbocycles. The van der Waals surface area contributed by atoms with Gasteiger partial charge in [-0.1, -0.05) is 0 Å². The number of nitrogens with zero attached hydrogens (tertiary/aromatic N) is 4. The van der Waals surface area contributed by atoms with E-state index in [1.807, 2.05) is 14.1 Å². The summed E-state index contributed by atoms with van der Waals surface area (Å²) in [5.41, 5.74) is 0.413. The molecule has 0 amide bonds. The van der Waals surface area contributed by atoms with Gasteiger partial charge < -0.3 is 10.2 Å². The molecular formula is C13H19N5. The highest BCUT2D eigenvalue weighted by Gasteiger charge is 2.25. The van der Waals surface area contributed by atoms with Gasteiger partial charge in [0.2, 0.25) is 0 Å². The summed E-state index contributed by atoms with van der Waals surface area (Å²) in [6.07, 6.45) is 7.81. The van der Waals surface area contributed by atoms with Crippen LogP contribution in [-0.2, 0) is 0 Å². The van der Waals surface area contributed by atoms with Crippen molar-refractivity contribution in [1.29, 1.82) is 5.26 Å². The first-order valence-corrected chi connectivity index (χ1v) is 6.37. The van der Waals surface area contributed by atoms with Gasteiger partial charge in [-0.2, -0.15) is 5.26 Å². The van der Waals surface area contributed by atoms with Gasteiger partial charge in [-0.15, -0.1) is 0 Å². The minimum Gasteiger partial charge on any atom is -0.354 e. The number of aromatic nitrogens is 2. The molecule has 1 aromatic heterocycles. The summed E-state index contributed by atoms with van der Waals surface area (Å²) in [6.45, 7) is 0. The van der Waals surface area contributed by atoms with Crippen LogP contribution in [0, 0.1) is 11.3 Å². The Bertz CT molecular complexity index is 431. The highest BCUT2D eigenvalue weighted by molar-refractivity contribution is 5.49. The first-order valence-electron chi connectivity index (χ1n) is 6.37. The summed E-state index contributed by atoms with van der Waals surface area (Å²) in [6, 6.07) is 3.20. The van der Waals surface area contributed by atoms with Crippen molar-refractivity contribution >= 4 is 5.82 Å². The molecule has 0 aliphatic heterocycles. The Kier molecular flexibility index (Phi) is 4.11. The quantitative estimate of drug-likeness (QED) is 0.870. The maximum atomic E-state index is 9.06. The van der Waals surface area contributed by atoms with Crippen molar-refractivity contribution in [3.05, 3.63) is 18.1 Å². The van der Waals surface area contributed by atoms with E-state index in [2.05, 4.69) is 26.3 Å². The van der Waals surface area contributed by atoms with E-state index >= 15 is 0 Å². The molecule has 18 heavy (non-hydrogen) atoms. The zero-order chi connectivity index (χ0) is 13.0. The molecule has 0 atom stereocenters. The Labute approximate surface area is 108 Å². The van der Waals surface area contributed by atoms with Gasteiger partial charge in [0.15, 0.2) is 11.5 Å². The second-order valence-corrected chi connectivity index (χ2v) is 4.75. The van der Waals surface area contributed by atoms with Crippen LogP contribution in [0.4, 0.5) is 5.82 Å². The monoisotopic (exact) mass is 245 g/mol. The third kappa shape index (κ3) is 2.59. The van der Waals surface area contributed by atoms with Gasteiger partial charge in [0.25, 0.3) is 0 Å². The van der Waals surface area contributed by atoms with E-state index in [0.717, 1.165) is 12.8 Å². The molecule has 0 bridgehead atoms. The lowest BCUT2D eigenvalue weighted by atomic mass is 9.90. The third-order valence-corrected chi connectivity index (χ3v) is 3.77. The number of anilines is 1. The van der Waals surface area contributed by atoms with E-state index in [0.29, 0.717) is 23.6 Å². The molecule has 0 spiro atoms. The molecule has 5 nitrogen and oxygen atoms in total. The first-order chi connectivity index (χ1) is 8.76. The topological polar surface area (TPSA) is 64.8 Å². The molecule has 1 heterocycles. The average molecular weight is 245 g/mol. The van der Waals surface area contributed by atoms with Crippen molar-refractivity contribution < 1.29 is 0 Å². The smallest absolute Gasteiger partial charge is 0.183 e. The number of hydrogen-bond acceptors (Lipinski definition) is 5. The normalized spacial score (nSPS) is 23.4. The summed E-state index contributed by atoms with van der Waals surface area (Å²) >= 11 is 0. The molecule has 0 radical (unpaired) electrons. The number of rotatable bonds is 3. The number of nitrogens with one attached hydrogen (secondary N) is 1. The fourth-order valence-corrected chi connectivity index (χ4v) is 2.59. The largest absolute Gasteiger partial charge is 0.354 e. The molecule has 1 aliphatic rings. The average Bonchev–Trinajstić information content (AvgIpc) is 2.46. The highest BCUT2D eigenvalue weighted by atomic mass is 15.2. The zero-order valence-corrected chi connectivity index (χ0v) is 10.9. The molecule has 1 N–H and O–H groups in total. The van der Waals surface area contributed by atoms with Gasteiger partial charge in [0.05, 0.1) is 0 Å². The minimum atomic E-state index is 0.413. The lowest BCUT2D eigenvalue weighted by molar-refractivity contribution is 0.350. The van der Waals surface area contributed by atoms with Crippen molar-refractivity contribution in [2.45, 2.75) is 37.8 Å². The van der Waals surface area contributed by atoms with Crippen LogP contribution < -0.4 is 10.2 Å². The van der Waals surface area contributed by atoms with Crippen LogP contribution in [0.5, 0.6) is 0 Å². The van der Waals surface area contributed by atoms with E-state index in [4.69, 9.17) is 5.26 Å². The SMILES string of the molecule is CNC1CCC(N(C)c2nccnc2C#N)CC1. The Hall–Kier alpha value is -1.67. The molecule has 1 saturated carbocycles. The van der Waals surface area contributed by atoms with Gasteiger partial charge in [0.1, 0.15) is 6.07 Å². The molecule has 96 valence electrons. The van der Waals surface area contributed by atoms with E-state index in [1.165, 1.54) is 12.8 Å². The lowest BCUT2D eigenvalue weighted by Gasteiger charge is -2.35. The molecule has 0 saturated heterocycles. The Morgan fingerprint density at radius 2 is 1.94 bits per heavy atom. The fraction of sp³-hybridized carbons (Fsp3) is 0.615. The van der Waals surface area contributed by atoms with Gasteiger partial charge in [-0.05, 0) is 32.7 Å². The van der Waals surface area contributed by atoms with Crippen LogP contribution in [0.15, 0.2) is 12.4 Å². The van der Waals surface area contributed by atoms with Crippen LogP contribution in [0.2, 0.25) is 0 Å². The maximum absolute atomic E-state index is 9.06. The summed E-state index contributed by atoms with van der Waals surface area (Å²) < 4.78 is 0. The molecule has 2 rings (SSSR count). The van der Waals surface area contributed by atoms with Crippen LogP contribution in [0.25, 0.3) is 0 Å². The summed E-state index contributed by atoms with van der Waals surface area (Å²) in [5, 5.41) is 12.4. The van der Waals surface area contributed by atoms with Crippen molar-refractivity contribution in [3.8, 4) is 6.07 Å². The van der Waals surface area contributed by atoms with Crippen LogP contribution in [0.1, 0.15) is 31.4 Å². The lowest BCUT2D eigenvalue weighted by Crippen LogP contribution is -2.40. The van der Waals surface area contributed by atoms with Gasteiger partial charge in [-0.3, -0.25) is 0 Å². The molecule has 5 heteroatoms. The second kappa shape index (κ2) is 5.78. The number of hydrogen-bond donors (Lipinski definition) is 1. The van der Waals surface area contributed by atoms with Crippen molar-refractivity contribution in [3.63, 3.8) is 0 Å². The molecular weight excluding hydrogens is 226 g/mol. The van der Waals surface area contributed by atoms with Crippen LogP contribution in [-0.4, -0.2) is 36.1 Å². The predicted octanol–water partition coefficient (Wildman–Crippen LogP) is 1.32. The molecule has 0 unspecified atom stereocenters. The molecule has 1 fully saturated rings. The van der Waals surface area contributed by atoms with E-state index in [1.54, 1.807) is 12.4 Å². The second-order valence-electron chi connectivity index (χ2n) is 4.75. The van der Waals surface area contributed by atoms with Crippen LogP contribution in [0.3, 0.4) is 0 Å². The van der Waals surface area contributed by atoms with Crippen molar-refractivity contribution in [2.75, 3.05) is 19.0 Å². The summed E-state index contributed by atoms with van der Waals surface area (Å²) in [7, 11) is 4.03. The van der Waals surface area contributed by atoms with Gasteiger partial charge in [-0.25, -0.2) is 9.97 Å². The standard InChI is InChI=1S/C13H19N5/c1-15-10-3-5-11(6-4-10)18(2)13-12(9-14)16-7-8-17-13/h7-8,10-11,15H,3-6H2,1-2H3. The van der Waals surface area contributed by atoms with E-state index in [-0.39, 0.29) is 0 Å². The van der Waals surface area contributed by atoms with E-state index in [9.17, 15) is 0 Å².